The minimum Gasteiger partial charge on any atom is -0.351 e. The minimum absolute atomic E-state index is 0.0244. The van der Waals surface area contributed by atoms with Gasteiger partial charge in [0.25, 0.3) is 5.91 Å². The summed E-state index contributed by atoms with van der Waals surface area (Å²) in [6, 6.07) is 7.42. The van der Waals surface area contributed by atoms with Crippen LogP contribution in [-0.2, 0) is 15.4 Å². The molecule has 3 N–H and O–H groups in total. The summed E-state index contributed by atoms with van der Waals surface area (Å²) in [5, 5.41) is 9.25. The smallest absolute Gasteiger partial charge is 0.251 e. The van der Waals surface area contributed by atoms with Crippen molar-refractivity contribution < 1.29 is 13.2 Å². The lowest BCUT2D eigenvalue weighted by atomic mass is 9.87. The zero-order valence-electron chi connectivity index (χ0n) is 15.8. The fraction of sp³-hybridized carbons (Fsp3) is 0.444. The molecule has 0 aliphatic heterocycles. The molecule has 1 aromatic carbocycles. The summed E-state index contributed by atoms with van der Waals surface area (Å²) in [7, 11) is -3.66. The highest BCUT2D eigenvalue weighted by Gasteiger charge is 2.21. The number of carbonyl (C=O) groups is 1. The third kappa shape index (κ3) is 4.70. The van der Waals surface area contributed by atoms with Crippen LogP contribution in [0.5, 0.6) is 0 Å². The molecule has 0 fully saturated rings. The Labute approximate surface area is 154 Å². The first-order valence-electron chi connectivity index (χ1n) is 8.42. The minimum atomic E-state index is -3.66. The molecule has 2 aromatic rings. The predicted molar refractivity (Wildman–Crippen MR) is 101 cm³/mol. The molecule has 0 atom stereocenters. The molecule has 26 heavy (non-hydrogen) atoms. The van der Waals surface area contributed by atoms with Crippen molar-refractivity contribution in [2.24, 2.45) is 0 Å². The second kappa shape index (κ2) is 7.59. The molecular formula is C18H26N4O3S. The first-order chi connectivity index (χ1) is 12.0. The van der Waals surface area contributed by atoms with E-state index in [-0.39, 0.29) is 29.3 Å². The highest BCUT2D eigenvalue weighted by atomic mass is 32.2. The molecule has 2 rings (SSSR count). The normalized spacial score (nSPS) is 12.2. The molecular weight excluding hydrogens is 352 g/mol. The van der Waals surface area contributed by atoms with E-state index >= 15 is 0 Å². The van der Waals surface area contributed by atoms with E-state index in [1.165, 1.54) is 0 Å². The SMILES string of the molecule is Cc1n[nH]c(C)c1S(=O)(=O)NCCNC(=O)c1ccc(C(C)(C)C)cc1. The molecule has 0 bridgehead atoms. The number of nitrogens with one attached hydrogen (secondary N) is 3. The van der Waals surface area contributed by atoms with Gasteiger partial charge in [0.1, 0.15) is 4.90 Å². The summed E-state index contributed by atoms with van der Waals surface area (Å²) < 4.78 is 27.1. The Morgan fingerprint density at radius 1 is 1.12 bits per heavy atom. The molecule has 7 nitrogen and oxygen atoms in total. The van der Waals surface area contributed by atoms with Crippen LogP contribution in [-0.4, -0.2) is 37.6 Å². The summed E-state index contributed by atoms with van der Waals surface area (Å²) >= 11 is 0. The van der Waals surface area contributed by atoms with Gasteiger partial charge in [0.05, 0.1) is 11.4 Å². The number of carbonyl (C=O) groups excluding carboxylic acids is 1. The highest BCUT2D eigenvalue weighted by molar-refractivity contribution is 7.89. The van der Waals surface area contributed by atoms with Gasteiger partial charge in [-0.25, -0.2) is 13.1 Å². The number of aryl methyl sites for hydroxylation is 2. The standard InChI is InChI=1S/C18H26N4O3S/c1-12-16(13(2)22-21-12)26(24,25)20-11-10-19-17(23)14-6-8-15(9-7-14)18(3,4)5/h6-9,20H,10-11H2,1-5H3,(H,19,23)(H,21,22). The van der Waals surface area contributed by atoms with E-state index in [0.29, 0.717) is 17.0 Å². The lowest BCUT2D eigenvalue weighted by molar-refractivity contribution is 0.0954. The monoisotopic (exact) mass is 378 g/mol. The average molecular weight is 378 g/mol. The third-order valence-electron chi connectivity index (χ3n) is 4.04. The molecule has 142 valence electrons. The summed E-state index contributed by atoms with van der Waals surface area (Å²) in [6.07, 6.45) is 0. The molecule has 1 aromatic heterocycles. The quantitative estimate of drug-likeness (QED) is 0.669. The van der Waals surface area contributed by atoms with Crippen molar-refractivity contribution in [3.8, 4) is 0 Å². The molecule has 0 unspecified atom stereocenters. The maximum Gasteiger partial charge on any atom is 0.251 e. The Morgan fingerprint density at radius 3 is 2.23 bits per heavy atom. The number of aromatic nitrogens is 2. The van der Waals surface area contributed by atoms with Crippen LogP contribution in [0, 0.1) is 13.8 Å². The van der Waals surface area contributed by atoms with Crippen LogP contribution in [0.15, 0.2) is 29.2 Å². The van der Waals surface area contributed by atoms with Crippen LogP contribution in [0.1, 0.15) is 48.1 Å². The summed E-state index contributed by atoms with van der Waals surface area (Å²) in [5.41, 5.74) is 2.61. The summed E-state index contributed by atoms with van der Waals surface area (Å²) in [6.45, 7) is 9.89. The molecule has 1 heterocycles. The second-order valence-electron chi connectivity index (χ2n) is 7.24. The first kappa shape index (κ1) is 20.1. The van der Waals surface area contributed by atoms with Gasteiger partial charge in [-0.1, -0.05) is 32.9 Å². The van der Waals surface area contributed by atoms with Gasteiger partial charge in [-0.15, -0.1) is 0 Å². The average Bonchev–Trinajstić information content (AvgIpc) is 2.90. The number of hydrogen-bond donors (Lipinski definition) is 3. The number of rotatable bonds is 6. The van der Waals surface area contributed by atoms with Crippen LogP contribution in [0.3, 0.4) is 0 Å². The number of nitrogens with zero attached hydrogens (tertiary/aromatic N) is 1. The van der Waals surface area contributed by atoms with E-state index in [4.69, 9.17) is 0 Å². The summed E-state index contributed by atoms with van der Waals surface area (Å²) in [5.74, 6) is -0.236. The van der Waals surface area contributed by atoms with Crippen molar-refractivity contribution >= 4 is 15.9 Å². The Morgan fingerprint density at radius 2 is 1.73 bits per heavy atom. The molecule has 0 saturated heterocycles. The van der Waals surface area contributed by atoms with E-state index < -0.39 is 10.0 Å². The third-order valence-corrected chi connectivity index (χ3v) is 5.77. The fourth-order valence-electron chi connectivity index (χ4n) is 2.59. The molecule has 0 spiro atoms. The van der Waals surface area contributed by atoms with Crippen LogP contribution >= 0.6 is 0 Å². The molecule has 0 aliphatic carbocycles. The van der Waals surface area contributed by atoms with Crippen molar-refractivity contribution in [2.75, 3.05) is 13.1 Å². The van der Waals surface area contributed by atoms with Gasteiger partial charge in [0.15, 0.2) is 0 Å². The molecule has 0 radical (unpaired) electrons. The lowest BCUT2D eigenvalue weighted by Crippen LogP contribution is -2.35. The van der Waals surface area contributed by atoms with Gasteiger partial charge in [0, 0.05) is 18.7 Å². The number of sulfonamides is 1. The summed E-state index contributed by atoms with van der Waals surface area (Å²) in [4.78, 5) is 12.3. The number of benzene rings is 1. The maximum atomic E-state index is 12.3. The van der Waals surface area contributed by atoms with E-state index in [0.717, 1.165) is 5.56 Å². The highest BCUT2D eigenvalue weighted by Crippen LogP contribution is 2.22. The van der Waals surface area contributed by atoms with Crippen molar-refractivity contribution in [3.05, 3.63) is 46.8 Å². The molecule has 8 heteroatoms. The number of aromatic amines is 1. The van der Waals surface area contributed by atoms with Gasteiger partial charge in [-0.3, -0.25) is 9.89 Å². The van der Waals surface area contributed by atoms with Gasteiger partial charge >= 0.3 is 0 Å². The Bertz CT molecular complexity index is 859. The zero-order chi connectivity index (χ0) is 19.5. The van der Waals surface area contributed by atoms with Crippen LogP contribution in [0.25, 0.3) is 0 Å². The van der Waals surface area contributed by atoms with Crippen molar-refractivity contribution in [3.63, 3.8) is 0 Å². The maximum absolute atomic E-state index is 12.3. The van der Waals surface area contributed by atoms with Crippen molar-refractivity contribution in [2.45, 2.75) is 44.9 Å². The first-order valence-corrected chi connectivity index (χ1v) is 9.90. The molecule has 1 amide bonds. The van der Waals surface area contributed by atoms with Crippen molar-refractivity contribution in [1.29, 1.82) is 0 Å². The van der Waals surface area contributed by atoms with Gasteiger partial charge in [0.2, 0.25) is 10.0 Å². The van der Waals surface area contributed by atoms with E-state index in [1.807, 2.05) is 12.1 Å². The second-order valence-corrected chi connectivity index (χ2v) is 8.95. The van der Waals surface area contributed by atoms with Crippen LogP contribution in [0.4, 0.5) is 0 Å². The topological polar surface area (TPSA) is 104 Å². The molecule has 0 aliphatic rings. The lowest BCUT2D eigenvalue weighted by Gasteiger charge is -2.19. The Kier molecular flexibility index (Phi) is 5.87. The van der Waals surface area contributed by atoms with Gasteiger partial charge < -0.3 is 5.32 Å². The van der Waals surface area contributed by atoms with Crippen LogP contribution in [0.2, 0.25) is 0 Å². The van der Waals surface area contributed by atoms with Gasteiger partial charge in [-0.2, -0.15) is 5.10 Å². The van der Waals surface area contributed by atoms with E-state index in [1.54, 1.807) is 26.0 Å². The molecule has 0 saturated carbocycles. The van der Waals surface area contributed by atoms with Gasteiger partial charge in [-0.05, 0) is 37.0 Å². The fourth-order valence-corrected chi connectivity index (χ4v) is 3.99. The van der Waals surface area contributed by atoms with Crippen LogP contribution < -0.4 is 10.0 Å². The van der Waals surface area contributed by atoms with E-state index in [2.05, 4.69) is 41.0 Å². The number of hydrogen-bond acceptors (Lipinski definition) is 4. The largest absolute Gasteiger partial charge is 0.351 e. The number of amides is 1. The number of H-pyrrole nitrogens is 1. The van der Waals surface area contributed by atoms with Crippen molar-refractivity contribution in [1.82, 2.24) is 20.2 Å². The van der Waals surface area contributed by atoms with E-state index in [9.17, 15) is 13.2 Å². The Hall–Kier alpha value is -2.19. The predicted octanol–water partition coefficient (Wildman–Crippen LogP) is 2.03. The zero-order valence-corrected chi connectivity index (χ0v) is 16.6. The Balaban J connectivity index is 1.89.